The Balaban J connectivity index is 1.95. The van der Waals surface area contributed by atoms with Crippen molar-refractivity contribution < 1.29 is 14.6 Å². The molecule has 0 saturated heterocycles. The summed E-state index contributed by atoms with van der Waals surface area (Å²) in [5.74, 6) is -0.00687. The average molecular weight is 388 g/mol. The Hall–Kier alpha value is -2.83. The van der Waals surface area contributed by atoms with E-state index in [2.05, 4.69) is 9.98 Å². The van der Waals surface area contributed by atoms with Crippen molar-refractivity contribution in [3.05, 3.63) is 75.7 Å². The maximum atomic E-state index is 10.9. The van der Waals surface area contributed by atoms with E-state index in [9.17, 15) is 4.79 Å². The number of carbonyl (C=O) groups is 1. The minimum atomic E-state index is -1.43. The molecule has 0 fully saturated rings. The van der Waals surface area contributed by atoms with E-state index < -0.39 is 6.16 Å². The number of aliphatic imine (C=N–C) groups is 1. The molecule has 0 unspecified atom stereocenters. The van der Waals surface area contributed by atoms with E-state index in [-0.39, 0.29) is 12.4 Å². The summed E-state index contributed by atoms with van der Waals surface area (Å²) >= 11 is 12.6. The number of ether oxygens (including phenoxy) is 1. The molecule has 1 aliphatic rings. The third-order valence-electron chi connectivity index (χ3n) is 4.00. The van der Waals surface area contributed by atoms with Crippen LogP contribution in [0.5, 0.6) is 5.88 Å². The lowest BCUT2D eigenvalue weighted by atomic mass is 10.0. The van der Waals surface area contributed by atoms with Gasteiger partial charge in [-0.05, 0) is 24.3 Å². The zero-order chi connectivity index (χ0) is 18.3. The lowest BCUT2D eigenvalue weighted by molar-refractivity contribution is 0.142. The van der Waals surface area contributed by atoms with Crippen LogP contribution in [0.3, 0.4) is 0 Å². The van der Waals surface area contributed by atoms with E-state index in [1.54, 1.807) is 22.8 Å². The first-order valence-corrected chi connectivity index (χ1v) is 8.37. The fourth-order valence-electron chi connectivity index (χ4n) is 2.90. The van der Waals surface area contributed by atoms with E-state index in [0.717, 1.165) is 16.8 Å². The van der Waals surface area contributed by atoms with E-state index >= 15 is 0 Å². The van der Waals surface area contributed by atoms with Crippen molar-refractivity contribution in [1.82, 2.24) is 9.55 Å². The van der Waals surface area contributed by atoms with E-state index in [0.29, 0.717) is 21.5 Å². The number of imidazole rings is 1. The van der Waals surface area contributed by atoms with Crippen molar-refractivity contribution in [3.63, 3.8) is 0 Å². The van der Waals surface area contributed by atoms with Gasteiger partial charge in [-0.25, -0.2) is 9.78 Å². The number of carboxylic acid groups (broad SMARTS) is 1. The Kier molecular flexibility index (Phi) is 4.14. The highest BCUT2D eigenvalue weighted by molar-refractivity contribution is 6.36. The molecule has 0 amide bonds. The first kappa shape index (κ1) is 16.6. The van der Waals surface area contributed by atoms with Crippen molar-refractivity contribution in [3.8, 4) is 11.6 Å². The van der Waals surface area contributed by atoms with Gasteiger partial charge in [-0.1, -0.05) is 41.4 Å². The second-order valence-corrected chi connectivity index (χ2v) is 6.38. The van der Waals surface area contributed by atoms with Gasteiger partial charge in [0.15, 0.2) is 0 Å². The molecule has 1 aromatic heterocycles. The summed E-state index contributed by atoms with van der Waals surface area (Å²) in [4.78, 5) is 19.6. The maximum Gasteiger partial charge on any atom is 0.512 e. The zero-order valence-electron chi connectivity index (χ0n) is 13.2. The third kappa shape index (κ3) is 2.83. The van der Waals surface area contributed by atoms with Crippen LogP contribution in [0.4, 0.5) is 4.79 Å². The molecule has 0 aliphatic carbocycles. The van der Waals surface area contributed by atoms with Crippen molar-refractivity contribution in [2.45, 2.75) is 6.54 Å². The number of hydrogen-bond donors (Lipinski definition) is 1. The summed E-state index contributed by atoms with van der Waals surface area (Å²) in [6.45, 7) is 0.176. The first-order chi connectivity index (χ1) is 12.5. The summed E-state index contributed by atoms with van der Waals surface area (Å²) in [7, 11) is 0. The number of hydrogen-bond acceptors (Lipinski definition) is 4. The van der Waals surface area contributed by atoms with Crippen LogP contribution in [-0.2, 0) is 6.54 Å². The highest BCUT2D eigenvalue weighted by Gasteiger charge is 2.24. The molecular weight excluding hydrogens is 377 g/mol. The second-order valence-electron chi connectivity index (χ2n) is 5.54. The Morgan fingerprint density at radius 2 is 1.96 bits per heavy atom. The molecule has 0 radical (unpaired) electrons. The van der Waals surface area contributed by atoms with Crippen LogP contribution in [0.25, 0.3) is 5.69 Å². The predicted molar refractivity (Wildman–Crippen MR) is 98.0 cm³/mol. The Morgan fingerprint density at radius 1 is 1.15 bits per heavy atom. The van der Waals surface area contributed by atoms with Crippen LogP contribution in [0, 0.1) is 0 Å². The second kappa shape index (κ2) is 6.48. The van der Waals surface area contributed by atoms with Gasteiger partial charge in [0.05, 0.1) is 17.9 Å². The number of fused-ring (bicyclic) bond motifs is 3. The average Bonchev–Trinajstić information content (AvgIpc) is 2.91. The van der Waals surface area contributed by atoms with Crippen LogP contribution >= 0.6 is 23.2 Å². The molecule has 0 spiro atoms. The molecule has 26 heavy (non-hydrogen) atoms. The fourth-order valence-corrected chi connectivity index (χ4v) is 3.30. The van der Waals surface area contributed by atoms with Crippen molar-refractivity contribution in [2.24, 2.45) is 4.99 Å². The van der Waals surface area contributed by atoms with Gasteiger partial charge in [0.25, 0.3) is 0 Å². The van der Waals surface area contributed by atoms with Gasteiger partial charge in [0.2, 0.25) is 5.88 Å². The van der Waals surface area contributed by atoms with Gasteiger partial charge in [0.1, 0.15) is 12.0 Å². The number of rotatable bonds is 2. The molecule has 0 atom stereocenters. The van der Waals surface area contributed by atoms with E-state index in [4.69, 9.17) is 33.0 Å². The molecule has 8 heteroatoms. The molecule has 2 heterocycles. The fraction of sp³-hybridized carbons (Fsp3) is 0.0556. The minimum Gasteiger partial charge on any atom is -0.449 e. The summed E-state index contributed by atoms with van der Waals surface area (Å²) in [5.41, 5.74) is 3.50. The van der Waals surface area contributed by atoms with Crippen molar-refractivity contribution in [2.75, 3.05) is 0 Å². The molecule has 130 valence electrons. The largest absolute Gasteiger partial charge is 0.512 e. The van der Waals surface area contributed by atoms with Crippen molar-refractivity contribution in [1.29, 1.82) is 0 Å². The monoisotopic (exact) mass is 387 g/mol. The molecule has 3 aromatic rings. The van der Waals surface area contributed by atoms with Gasteiger partial charge in [-0.15, -0.1) is 0 Å². The normalized spacial score (nSPS) is 12.6. The zero-order valence-corrected chi connectivity index (χ0v) is 14.7. The molecule has 1 N–H and O–H groups in total. The molecule has 4 rings (SSSR count). The van der Waals surface area contributed by atoms with Crippen LogP contribution in [-0.4, -0.2) is 26.5 Å². The van der Waals surface area contributed by atoms with Crippen LogP contribution in [0.15, 0.2) is 53.8 Å². The lowest BCUT2D eigenvalue weighted by Gasteiger charge is -2.13. The maximum absolute atomic E-state index is 10.9. The highest BCUT2D eigenvalue weighted by atomic mass is 35.5. The Bertz CT molecular complexity index is 1060. The number of aromatic nitrogens is 2. The topological polar surface area (TPSA) is 76.7 Å². The third-order valence-corrected chi connectivity index (χ3v) is 4.57. The van der Waals surface area contributed by atoms with E-state index in [1.165, 1.54) is 6.33 Å². The molecular formula is C18H11Cl2N3O3. The van der Waals surface area contributed by atoms with Crippen LogP contribution < -0.4 is 4.74 Å². The first-order valence-electron chi connectivity index (χ1n) is 7.61. The number of benzene rings is 2. The van der Waals surface area contributed by atoms with Crippen molar-refractivity contribution >= 4 is 35.1 Å². The number of halogens is 2. The van der Waals surface area contributed by atoms with Gasteiger partial charge in [0, 0.05) is 21.2 Å². The highest BCUT2D eigenvalue weighted by Crippen LogP contribution is 2.32. The SMILES string of the molecule is O=C(O)Oc1ncn2c1CN=C(c1ccccc1Cl)c1ccc(Cl)cc1-2. The smallest absolute Gasteiger partial charge is 0.449 e. The van der Waals surface area contributed by atoms with Gasteiger partial charge in [-0.3, -0.25) is 9.56 Å². The molecule has 0 bridgehead atoms. The Morgan fingerprint density at radius 3 is 2.73 bits per heavy atom. The summed E-state index contributed by atoms with van der Waals surface area (Å²) in [5, 5.41) is 10.0. The Labute approximate surface area is 158 Å². The molecule has 1 aliphatic heterocycles. The number of nitrogens with zero attached hydrogens (tertiary/aromatic N) is 3. The van der Waals surface area contributed by atoms with E-state index in [1.807, 2.05) is 24.3 Å². The standard InChI is InChI=1S/C18H11Cl2N3O3/c19-10-5-6-12-14(7-10)23-9-22-17(26-18(24)25)15(23)8-21-16(12)11-3-1-2-4-13(11)20/h1-7,9H,8H2,(H,24,25). The summed E-state index contributed by atoms with van der Waals surface area (Å²) in [6, 6.07) is 12.8. The van der Waals surface area contributed by atoms with Gasteiger partial charge < -0.3 is 9.84 Å². The summed E-state index contributed by atoms with van der Waals surface area (Å²) in [6.07, 6.45) is 0.0609. The minimum absolute atomic E-state index is 0.00687. The molecule has 6 nitrogen and oxygen atoms in total. The quantitative estimate of drug-likeness (QED) is 0.652. The van der Waals surface area contributed by atoms with Gasteiger partial charge >= 0.3 is 6.16 Å². The molecule has 0 saturated carbocycles. The molecule has 2 aromatic carbocycles. The predicted octanol–water partition coefficient (Wildman–Crippen LogP) is 4.59. The lowest BCUT2D eigenvalue weighted by Crippen LogP contribution is -2.07. The van der Waals surface area contributed by atoms with Crippen LogP contribution in [0.1, 0.15) is 16.8 Å². The van der Waals surface area contributed by atoms with Crippen LogP contribution in [0.2, 0.25) is 10.0 Å². The summed E-state index contributed by atoms with van der Waals surface area (Å²) < 4.78 is 6.50. The van der Waals surface area contributed by atoms with Gasteiger partial charge in [-0.2, -0.15) is 0 Å².